The highest BCUT2D eigenvalue weighted by atomic mass is 16.5. The van der Waals surface area contributed by atoms with Crippen molar-refractivity contribution in [2.45, 2.75) is 46.8 Å². The first-order valence-corrected chi connectivity index (χ1v) is 11.0. The smallest absolute Gasteiger partial charge is 0.293 e. The van der Waals surface area contributed by atoms with E-state index in [0.29, 0.717) is 18.2 Å². The number of hydrogen-bond donors (Lipinski definition) is 1. The minimum Gasteiger partial charge on any atom is -0.485 e. The fourth-order valence-electron chi connectivity index (χ4n) is 3.56. The molecule has 0 fully saturated rings. The molecule has 1 amide bonds. The predicted octanol–water partition coefficient (Wildman–Crippen LogP) is 5.49. The van der Waals surface area contributed by atoms with E-state index in [2.05, 4.69) is 47.4 Å². The topological polar surface area (TPSA) is 82.2 Å². The van der Waals surface area contributed by atoms with Gasteiger partial charge in [-0.2, -0.15) is 0 Å². The zero-order valence-corrected chi connectivity index (χ0v) is 19.3. The Bertz CT molecular complexity index is 1260. The number of aryl methyl sites for hydroxylation is 2. The van der Waals surface area contributed by atoms with Gasteiger partial charge < -0.3 is 9.15 Å². The normalized spacial score (nSPS) is 11.1. The molecule has 0 spiro atoms. The summed E-state index contributed by atoms with van der Waals surface area (Å²) >= 11 is 0. The van der Waals surface area contributed by atoms with Gasteiger partial charge in [0.1, 0.15) is 24.4 Å². The maximum atomic E-state index is 12.6. The summed E-state index contributed by atoms with van der Waals surface area (Å²) in [6, 6.07) is 17.7. The summed E-state index contributed by atoms with van der Waals surface area (Å²) in [5, 5.41) is 7.00. The molecule has 4 aromatic rings. The second-order valence-electron chi connectivity index (χ2n) is 8.46. The summed E-state index contributed by atoms with van der Waals surface area (Å²) in [4.78, 5) is 16.7. The van der Waals surface area contributed by atoms with Crippen LogP contribution in [0.15, 0.2) is 65.3 Å². The van der Waals surface area contributed by atoms with Gasteiger partial charge in [-0.3, -0.25) is 10.1 Å². The van der Waals surface area contributed by atoms with Crippen LogP contribution in [0.3, 0.4) is 0 Å². The van der Waals surface area contributed by atoms with Gasteiger partial charge in [0.05, 0.1) is 6.54 Å². The summed E-state index contributed by atoms with van der Waals surface area (Å²) in [5.41, 5.74) is 4.56. The molecule has 2 heterocycles. The van der Waals surface area contributed by atoms with Gasteiger partial charge in [-0.05, 0) is 54.7 Å². The van der Waals surface area contributed by atoms with E-state index >= 15 is 0 Å². The van der Waals surface area contributed by atoms with E-state index in [9.17, 15) is 4.79 Å². The Hall–Kier alpha value is -3.87. The number of aromatic nitrogens is 3. The number of carbonyl (C=O) groups excluding carboxylic acids is 1. The van der Waals surface area contributed by atoms with Crippen LogP contribution in [0.25, 0.3) is 0 Å². The van der Waals surface area contributed by atoms with Crippen molar-refractivity contribution in [1.82, 2.24) is 14.8 Å². The SMILES string of the molecule is Cc1cccc(Cn2cnc(NC(=O)c3ccc(COc4cc(C)ccc4C(C)C)o3)n2)c1. The molecular formula is C26H28N4O3. The van der Waals surface area contributed by atoms with Crippen LogP contribution in [0.1, 0.15) is 58.3 Å². The molecule has 0 atom stereocenters. The van der Waals surface area contributed by atoms with E-state index in [4.69, 9.17) is 9.15 Å². The number of furan rings is 1. The molecule has 7 heteroatoms. The molecule has 0 aliphatic carbocycles. The zero-order chi connectivity index (χ0) is 23.4. The minimum atomic E-state index is -0.409. The van der Waals surface area contributed by atoms with E-state index in [1.54, 1.807) is 23.1 Å². The second-order valence-corrected chi connectivity index (χ2v) is 8.46. The number of hydrogen-bond acceptors (Lipinski definition) is 5. The van der Waals surface area contributed by atoms with Crippen LogP contribution in [0.5, 0.6) is 5.75 Å². The number of benzene rings is 2. The molecule has 7 nitrogen and oxygen atoms in total. The van der Waals surface area contributed by atoms with Gasteiger partial charge >= 0.3 is 0 Å². The Morgan fingerprint density at radius 2 is 1.91 bits per heavy atom. The Morgan fingerprint density at radius 1 is 1.09 bits per heavy atom. The van der Waals surface area contributed by atoms with E-state index in [-0.39, 0.29) is 18.3 Å². The van der Waals surface area contributed by atoms with Gasteiger partial charge in [0, 0.05) is 0 Å². The highest BCUT2D eigenvalue weighted by molar-refractivity contribution is 6.01. The van der Waals surface area contributed by atoms with Crippen LogP contribution < -0.4 is 10.1 Å². The number of nitrogens with one attached hydrogen (secondary N) is 1. The van der Waals surface area contributed by atoms with E-state index in [1.165, 1.54) is 5.56 Å². The van der Waals surface area contributed by atoms with Crippen molar-refractivity contribution in [3.05, 3.63) is 94.7 Å². The molecule has 33 heavy (non-hydrogen) atoms. The Labute approximate surface area is 193 Å². The quantitative estimate of drug-likeness (QED) is 0.389. The maximum absolute atomic E-state index is 12.6. The second kappa shape index (κ2) is 9.73. The van der Waals surface area contributed by atoms with Crippen molar-refractivity contribution in [3.8, 4) is 5.75 Å². The number of anilines is 1. The predicted molar refractivity (Wildman–Crippen MR) is 127 cm³/mol. The molecule has 0 bridgehead atoms. The average Bonchev–Trinajstić information content (AvgIpc) is 3.42. The molecule has 0 saturated heterocycles. The lowest BCUT2D eigenvalue weighted by Gasteiger charge is -2.14. The lowest BCUT2D eigenvalue weighted by atomic mass is 10.0. The van der Waals surface area contributed by atoms with Gasteiger partial charge in [0.15, 0.2) is 5.76 Å². The van der Waals surface area contributed by atoms with E-state index < -0.39 is 5.91 Å². The summed E-state index contributed by atoms with van der Waals surface area (Å²) in [7, 11) is 0. The van der Waals surface area contributed by atoms with Crippen molar-refractivity contribution < 1.29 is 13.9 Å². The standard InChI is InChI=1S/C26H28N4O3/c1-17(2)22-10-8-19(4)13-24(22)32-15-21-9-11-23(33-21)25(31)28-26-27-16-30(29-26)14-20-7-5-6-18(3)12-20/h5-13,16-17H,14-15H2,1-4H3,(H,28,29,31). The summed E-state index contributed by atoms with van der Waals surface area (Å²) < 4.78 is 13.4. The molecular weight excluding hydrogens is 416 g/mol. The van der Waals surface area contributed by atoms with Crippen molar-refractivity contribution in [1.29, 1.82) is 0 Å². The Kier molecular flexibility index (Phi) is 6.58. The minimum absolute atomic E-state index is 0.178. The Balaban J connectivity index is 1.36. The van der Waals surface area contributed by atoms with Crippen molar-refractivity contribution in [2.75, 3.05) is 5.32 Å². The number of carbonyl (C=O) groups is 1. The molecule has 0 unspecified atom stereocenters. The molecule has 0 aliphatic rings. The monoisotopic (exact) mass is 444 g/mol. The van der Waals surface area contributed by atoms with Crippen LogP contribution >= 0.6 is 0 Å². The van der Waals surface area contributed by atoms with E-state index in [0.717, 1.165) is 22.4 Å². The molecule has 0 radical (unpaired) electrons. The first-order chi connectivity index (χ1) is 15.9. The highest BCUT2D eigenvalue weighted by Gasteiger charge is 2.15. The van der Waals surface area contributed by atoms with Gasteiger partial charge in [-0.1, -0.05) is 55.8 Å². The number of ether oxygens (including phenoxy) is 1. The summed E-state index contributed by atoms with van der Waals surface area (Å²) in [5.74, 6) is 1.73. The van der Waals surface area contributed by atoms with E-state index in [1.807, 2.05) is 38.1 Å². The molecule has 170 valence electrons. The number of nitrogens with zero attached hydrogens (tertiary/aromatic N) is 3. The molecule has 2 aromatic heterocycles. The van der Waals surface area contributed by atoms with Crippen molar-refractivity contribution in [3.63, 3.8) is 0 Å². The lowest BCUT2D eigenvalue weighted by molar-refractivity contribution is 0.0991. The zero-order valence-electron chi connectivity index (χ0n) is 19.3. The molecule has 1 N–H and O–H groups in total. The van der Waals surface area contributed by atoms with Gasteiger partial charge in [0.2, 0.25) is 5.95 Å². The fourth-order valence-corrected chi connectivity index (χ4v) is 3.56. The van der Waals surface area contributed by atoms with Crippen LogP contribution in [-0.4, -0.2) is 20.7 Å². The van der Waals surface area contributed by atoms with Crippen LogP contribution in [0.4, 0.5) is 5.95 Å². The Morgan fingerprint density at radius 3 is 2.70 bits per heavy atom. The van der Waals surface area contributed by atoms with Crippen LogP contribution in [-0.2, 0) is 13.2 Å². The molecule has 4 rings (SSSR count). The third-order valence-electron chi connectivity index (χ3n) is 5.24. The largest absolute Gasteiger partial charge is 0.485 e. The highest BCUT2D eigenvalue weighted by Crippen LogP contribution is 2.28. The van der Waals surface area contributed by atoms with Crippen molar-refractivity contribution >= 4 is 11.9 Å². The van der Waals surface area contributed by atoms with Crippen LogP contribution in [0, 0.1) is 13.8 Å². The summed E-state index contributed by atoms with van der Waals surface area (Å²) in [6.45, 7) is 9.14. The maximum Gasteiger partial charge on any atom is 0.293 e. The number of rotatable bonds is 8. The first-order valence-electron chi connectivity index (χ1n) is 11.0. The average molecular weight is 445 g/mol. The van der Waals surface area contributed by atoms with Gasteiger partial charge in [-0.25, -0.2) is 9.67 Å². The third kappa shape index (κ3) is 5.68. The third-order valence-corrected chi connectivity index (χ3v) is 5.24. The lowest BCUT2D eigenvalue weighted by Crippen LogP contribution is -2.12. The molecule has 2 aromatic carbocycles. The molecule has 0 aliphatic heterocycles. The fraction of sp³-hybridized carbons (Fsp3) is 0.269. The molecule has 0 saturated carbocycles. The summed E-state index contributed by atoms with van der Waals surface area (Å²) in [6.07, 6.45) is 1.59. The van der Waals surface area contributed by atoms with Crippen molar-refractivity contribution in [2.24, 2.45) is 0 Å². The van der Waals surface area contributed by atoms with Crippen LogP contribution in [0.2, 0.25) is 0 Å². The number of amides is 1. The van der Waals surface area contributed by atoms with Gasteiger partial charge in [0.25, 0.3) is 5.91 Å². The van der Waals surface area contributed by atoms with Gasteiger partial charge in [-0.15, -0.1) is 5.10 Å². The first kappa shape index (κ1) is 22.3.